The Morgan fingerprint density at radius 1 is 0.900 bits per heavy atom. The standard InChI is InChI=1S/C33H30ClN3O3/c1-39-33(38)30-12-10-27(21-32(30)40-28-11-13-31-24(20-28)14-15-35-31)37-18-16-36(17-19-37)22-25-4-2-3-5-29(25)23-6-8-26(34)9-7-23/h2-15,20-21,35H,16-19,22H2,1H3. The van der Waals surface area contributed by atoms with E-state index in [0.717, 1.165) is 54.3 Å². The van der Waals surface area contributed by atoms with E-state index in [1.807, 2.05) is 54.7 Å². The predicted molar refractivity (Wildman–Crippen MR) is 161 cm³/mol. The van der Waals surface area contributed by atoms with E-state index in [0.29, 0.717) is 17.1 Å². The third kappa shape index (κ3) is 5.55. The van der Waals surface area contributed by atoms with E-state index in [2.05, 4.69) is 51.2 Å². The van der Waals surface area contributed by atoms with E-state index in [-0.39, 0.29) is 0 Å². The molecule has 1 fully saturated rings. The summed E-state index contributed by atoms with van der Waals surface area (Å²) < 4.78 is 11.3. The van der Waals surface area contributed by atoms with Gasteiger partial charge in [0.05, 0.1) is 7.11 Å². The van der Waals surface area contributed by atoms with Crippen LogP contribution in [0.4, 0.5) is 5.69 Å². The van der Waals surface area contributed by atoms with E-state index in [1.165, 1.54) is 23.8 Å². The molecule has 1 aliphatic rings. The molecule has 0 amide bonds. The summed E-state index contributed by atoms with van der Waals surface area (Å²) in [5, 5.41) is 1.79. The van der Waals surface area contributed by atoms with Crippen molar-refractivity contribution in [3.05, 3.63) is 113 Å². The van der Waals surface area contributed by atoms with Gasteiger partial charge in [0.2, 0.25) is 0 Å². The fraction of sp³-hybridized carbons (Fsp3) is 0.182. The number of aromatic amines is 1. The van der Waals surface area contributed by atoms with E-state index in [1.54, 1.807) is 6.07 Å². The first kappa shape index (κ1) is 26.0. The topological polar surface area (TPSA) is 57.8 Å². The minimum absolute atomic E-state index is 0.401. The second-order valence-electron chi connectivity index (χ2n) is 9.93. The summed E-state index contributed by atoms with van der Waals surface area (Å²) >= 11 is 6.11. The number of carbonyl (C=O) groups is 1. The van der Waals surface area contributed by atoms with Gasteiger partial charge in [0.15, 0.2) is 0 Å². The molecule has 202 valence electrons. The van der Waals surface area contributed by atoms with Crippen LogP contribution in [0.5, 0.6) is 11.5 Å². The van der Waals surface area contributed by atoms with Gasteiger partial charge in [0.1, 0.15) is 17.1 Å². The van der Waals surface area contributed by atoms with Crippen LogP contribution in [0.2, 0.25) is 5.02 Å². The zero-order valence-corrected chi connectivity index (χ0v) is 23.0. The van der Waals surface area contributed by atoms with Crippen LogP contribution in [0.3, 0.4) is 0 Å². The predicted octanol–water partition coefficient (Wildman–Crippen LogP) is 7.39. The van der Waals surface area contributed by atoms with Gasteiger partial charge in [-0.3, -0.25) is 4.90 Å². The number of anilines is 1. The van der Waals surface area contributed by atoms with Crippen molar-refractivity contribution in [3.8, 4) is 22.6 Å². The van der Waals surface area contributed by atoms with Gasteiger partial charge in [-0.05, 0) is 65.2 Å². The van der Waals surface area contributed by atoms with Crippen LogP contribution in [0.1, 0.15) is 15.9 Å². The minimum atomic E-state index is -0.423. The van der Waals surface area contributed by atoms with Crippen LogP contribution in [0.25, 0.3) is 22.0 Å². The van der Waals surface area contributed by atoms with Gasteiger partial charge in [0, 0.05) is 66.6 Å². The highest BCUT2D eigenvalue weighted by Gasteiger charge is 2.21. The fourth-order valence-electron chi connectivity index (χ4n) is 5.27. The second-order valence-corrected chi connectivity index (χ2v) is 10.4. The van der Waals surface area contributed by atoms with Crippen LogP contribution in [0.15, 0.2) is 97.2 Å². The zero-order chi connectivity index (χ0) is 27.5. The summed E-state index contributed by atoms with van der Waals surface area (Å²) in [6, 6.07) is 30.1. The number of nitrogens with zero attached hydrogens (tertiary/aromatic N) is 2. The summed E-state index contributed by atoms with van der Waals surface area (Å²) in [5.41, 5.74) is 6.16. The minimum Gasteiger partial charge on any atom is -0.465 e. The number of rotatable bonds is 7. The molecule has 1 aromatic heterocycles. The number of piperazine rings is 1. The van der Waals surface area contributed by atoms with Crippen LogP contribution in [0, 0.1) is 0 Å². The molecule has 2 heterocycles. The van der Waals surface area contributed by atoms with Crippen molar-refractivity contribution in [2.45, 2.75) is 6.54 Å². The molecule has 0 aliphatic carbocycles. The van der Waals surface area contributed by atoms with Gasteiger partial charge in [-0.25, -0.2) is 4.79 Å². The number of halogens is 1. The van der Waals surface area contributed by atoms with Gasteiger partial charge in [-0.15, -0.1) is 0 Å². The summed E-state index contributed by atoms with van der Waals surface area (Å²) in [7, 11) is 1.39. The maximum Gasteiger partial charge on any atom is 0.341 e. The van der Waals surface area contributed by atoms with Crippen molar-refractivity contribution in [3.63, 3.8) is 0 Å². The number of nitrogens with one attached hydrogen (secondary N) is 1. The largest absolute Gasteiger partial charge is 0.465 e. The molecule has 1 N–H and O–H groups in total. The maximum absolute atomic E-state index is 12.5. The average molecular weight is 552 g/mol. The highest BCUT2D eigenvalue weighted by Crippen LogP contribution is 2.33. The Morgan fingerprint density at radius 3 is 2.50 bits per heavy atom. The summed E-state index contributed by atoms with van der Waals surface area (Å²) in [6.45, 7) is 4.47. The highest BCUT2D eigenvalue weighted by molar-refractivity contribution is 6.30. The Morgan fingerprint density at radius 2 is 1.70 bits per heavy atom. The van der Waals surface area contributed by atoms with E-state index >= 15 is 0 Å². The number of ether oxygens (including phenoxy) is 2. The second kappa shape index (κ2) is 11.5. The molecule has 0 saturated carbocycles. The Kier molecular flexibility index (Phi) is 7.45. The monoisotopic (exact) mass is 551 g/mol. The number of fused-ring (bicyclic) bond motifs is 1. The van der Waals surface area contributed by atoms with Crippen molar-refractivity contribution in [1.29, 1.82) is 0 Å². The lowest BCUT2D eigenvalue weighted by Gasteiger charge is -2.36. The number of methoxy groups -OCH3 is 1. The SMILES string of the molecule is COC(=O)c1ccc(N2CCN(Cc3ccccc3-c3ccc(Cl)cc3)CC2)cc1Oc1ccc2[nH]ccc2c1. The molecule has 4 aromatic carbocycles. The first-order valence-electron chi connectivity index (χ1n) is 13.4. The molecule has 1 saturated heterocycles. The van der Waals surface area contributed by atoms with Gasteiger partial charge >= 0.3 is 5.97 Å². The molecule has 40 heavy (non-hydrogen) atoms. The first-order chi connectivity index (χ1) is 19.6. The van der Waals surface area contributed by atoms with Crippen molar-refractivity contribution in [2.75, 3.05) is 38.2 Å². The Bertz CT molecular complexity index is 1640. The van der Waals surface area contributed by atoms with Gasteiger partial charge < -0.3 is 19.4 Å². The van der Waals surface area contributed by atoms with Gasteiger partial charge in [0.25, 0.3) is 0 Å². The lowest BCUT2D eigenvalue weighted by molar-refractivity contribution is 0.0598. The molecule has 0 radical (unpaired) electrons. The molecule has 7 heteroatoms. The zero-order valence-electron chi connectivity index (χ0n) is 22.3. The Balaban J connectivity index is 1.17. The normalized spacial score (nSPS) is 13.9. The van der Waals surface area contributed by atoms with Crippen molar-refractivity contribution < 1.29 is 14.3 Å². The quantitative estimate of drug-likeness (QED) is 0.214. The highest BCUT2D eigenvalue weighted by atomic mass is 35.5. The number of esters is 1. The van der Waals surface area contributed by atoms with Crippen molar-refractivity contribution in [2.24, 2.45) is 0 Å². The molecule has 0 bridgehead atoms. The van der Waals surface area contributed by atoms with Crippen LogP contribution >= 0.6 is 11.6 Å². The smallest absolute Gasteiger partial charge is 0.341 e. The third-order valence-corrected chi connectivity index (χ3v) is 7.68. The molecule has 0 atom stereocenters. The average Bonchev–Trinajstić information content (AvgIpc) is 3.46. The van der Waals surface area contributed by atoms with Gasteiger partial charge in [-0.2, -0.15) is 0 Å². The van der Waals surface area contributed by atoms with Crippen LogP contribution in [-0.2, 0) is 11.3 Å². The number of hydrogen-bond donors (Lipinski definition) is 1. The van der Waals surface area contributed by atoms with Crippen molar-refractivity contribution >= 4 is 34.2 Å². The molecule has 6 rings (SSSR count). The number of H-pyrrole nitrogens is 1. The molecule has 6 nitrogen and oxygen atoms in total. The first-order valence-corrected chi connectivity index (χ1v) is 13.7. The van der Waals surface area contributed by atoms with Crippen LogP contribution in [-0.4, -0.2) is 49.1 Å². The van der Waals surface area contributed by atoms with Crippen LogP contribution < -0.4 is 9.64 Å². The molecular formula is C33H30ClN3O3. The van der Waals surface area contributed by atoms with Gasteiger partial charge in [-0.1, -0.05) is 48.0 Å². The molecule has 5 aromatic rings. The molecule has 1 aliphatic heterocycles. The Hall–Kier alpha value is -4.26. The van der Waals surface area contributed by atoms with Crippen molar-refractivity contribution in [1.82, 2.24) is 9.88 Å². The number of benzene rings is 4. The van der Waals surface area contributed by atoms with E-state index in [9.17, 15) is 4.79 Å². The summed E-state index contributed by atoms with van der Waals surface area (Å²) in [6.07, 6.45) is 1.89. The third-order valence-electron chi connectivity index (χ3n) is 7.43. The maximum atomic E-state index is 12.5. The Labute approximate surface area is 238 Å². The number of hydrogen-bond acceptors (Lipinski definition) is 5. The molecular weight excluding hydrogens is 522 g/mol. The molecule has 0 unspecified atom stereocenters. The van der Waals surface area contributed by atoms with E-state index in [4.69, 9.17) is 21.1 Å². The summed E-state index contributed by atoms with van der Waals surface area (Å²) in [5.74, 6) is 0.727. The number of aromatic nitrogens is 1. The number of carbonyl (C=O) groups excluding carboxylic acids is 1. The summed E-state index contributed by atoms with van der Waals surface area (Å²) in [4.78, 5) is 20.5. The lowest BCUT2D eigenvalue weighted by atomic mass is 9.99. The molecule has 0 spiro atoms. The fourth-order valence-corrected chi connectivity index (χ4v) is 5.39. The lowest BCUT2D eigenvalue weighted by Crippen LogP contribution is -2.46. The van der Waals surface area contributed by atoms with E-state index < -0.39 is 5.97 Å².